The van der Waals surface area contributed by atoms with Crippen molar-refractivity contribution in [2.45, 2.75) is 25.0 Å². The molecule has 1 aromatic rings. The van der Waals surface area contributed by atoms with E-state index in [1.54, 1.807) is 11.0 Å². The van der Waals surface area contributed by atoms with Crippen LogP contribution >= 0.6 is 0 Å². The van der Waals surface area contributed by atoms with E-state index >= 15 is 0 Å². The second-order valence-electron chi connectivity index (χ2n) is 6.06. The van der Waals surface area contributed by atoms with Crippen molar-refractivity contribution in [2.24, 2.45) is 11.8 Å². The molecule has 0 unspecified atom stereocenters. The Bertz CT molecular complexity index is 668. The highest BCUT2D eigenvalue weighted by Gasteiger charge is 2.54. The third kappa shape index (κ3) is 1.89. The number of hydrogen-bond donors (Lipinski definition) is 1. The van der Waals surface area contributed by atoms with Gasteiger partial charge in [-0.25, -0.2) is 0 Å². The first-order valence-corrected chi connectivity index (χ1v) is 7.62. The van der Waals surface area contributed by atoms with Crippen molar-refractivity contribution in [1.82, 2.24) is 0 Å². The van der Waals surface area contributed by atoms with Gasteiger partial charge in [0.2, 0.25) is 5.91 Å². The van der Waals surface area contributed by atoms with Crippen LogP contribution in [0.5, 0.6) is 0 Å². The first kappa shape index (κ1) is 13.5. The largest absolute Gasteiger partial charge is 0.481 e. The molecular formula is C17H17NO4. The Morgan fingerprint density at radius 1 is 1.14 bits per heavy atom. The van der Waals surface area contributed by atoms with E-state index in [2.05, 4.69) is 0 Å². The summed E-state index contributed by atoms with van der Waals surface area (Å²) in [7, 11) is 0. The molecule has 3 aliphatic heterocycles. The van der Waals surface area contributed by atoms with Gasteiger partial charge in [0.05, 0.1) is 18.1 Å². The molecule has 0 aromatic heterocycles. The van der Waals surface area contributed by atoms with E-state index in [0.29, 0.717) is 6.54 Å². The zero-order valence-electron chi connectivity index (χ0n) is 12.0. The van der Waals surface area contributed by atoms with Crippen LogP contribution in [-0.2, 0) is 20.7 Å². The number of amides is 1. The van der Waals surface area contributed by atoms with E-state index in [0.717, 1.165) is 24.1 Å². The molecule has 4 atom stereocenters. The van der Waals surface area contributed by atoms with Gasteiger partial charge in [0.1, 0.15) is 5.92 Å². The van der Waals surface area contributed by atoms with Gasteiger partial charge in [-0.2, -0.15) is 0 Å². The maximum atomic E-state index is 13.0. The minimum atomic E-state index is -0.958. The first-order chi connectivity index (χ1) is 10.7. The quantitative estimate of drug-likeness (QED) is 0.843. The number of carbonyl (C=O) groups is 2. The minimum absolute atomic E-state index is 0.128. The molecule has 1 N–H and O–H groups in total. The van der Waals surface area contributed by atoms with Gasteiger partial charge in [0, 0.05) is 12.2 Å². The second-order valence-corrected chi connectivity index (χ2v) is 6.06. The molecule has 0 saturated carbocycles. The number of carboxylic acid groups (broad SMARTS) is 1. The zero-order valence-corrected chi connectivity index (χ0v) is 12.0. The SMILES string of the molecule is O=C(O)[C@@H]1[C@H](C(=O)N2CCCc3ccccc32)[C@H]2C=C[C@@H]1O2. The molecular weight excluding hydrogens is 282 g/mol. The number of benzene rings is 1. The van der Waals surface area contributed by atoms with Gasteiger partial charge in [0.25, 0.3) is 0 Å². The average molecular weight is 299 g/mol. The van der Waals surface area contributed by atoms with E-state index in [1.165, 1.54) is 0 Å². The Morgan fingerprint density at radius 2 is 1.86 bits per heavy atom. The fraction of sp³-hybridized carbons (Fsp3) is 0.412. The Morgan fingerprint density at radius 3 is 2.64 bits per heavy atom. The van der Waals surface area contributed by atoms with Gasteiger partial charge < -0.3 is 14.7 Å². The number of ether oxygens (including phenoxy) is 1. The second kappa shape index (κ2) is 4.95. The number of carboxylic acids is 1. The number of carbonyl (C=O) groups excluding carboxylic acids is 1. The van der Waals surface area contributed by atoms with E-state index in [-0.39, 0.29) is 5.91 Å². The zero-order chi connectivity index (χ0) is 15.3. The number of rotatable bonds is 2. The summed E-state index contributed by atoms with van der Waals surface area (Å²) < 4.78 is 5.62. The maximum Gasteiger partial charge on any atom is 0.310 e. The molecule has 1 aromatic carbocycles. The van der Waals surface area contributed by atoms with E-state index < -0.39 is 30.0 Å². The van der Waals surface area contributed by atoms with Gasteiger partial charge in [0.15, 0.2) is 0 Å². The van der Waals surface area contributed by atoms with Crippen LogP contribution in [0.2, 0.25) is 0 Å². The molecule has 3 heterocycles. The van der Waals surface area contributed by atoms with Crippen molar-refractivity contribution < 1.29 is 19.4 Å². The molecule has 0 radical (unpaired) electrons. The molecule has 0 spiro atoms. The number of aliphatic carboxylic acids is 1. The summed E-state index contributed by atoms with van der Waals surface area (Å²) >= 11 is 0. The average Bonchev–Trinajstić information content (AvgIpc) is 3.14. The number of fused-ring (bicyclic) bond motifs is 3. The Labute approximate surface area is 128 Å². The van der Waals surface area contributed by atoms with Gasteiger partial charge in [-0.3, -0.25) is 9.59 Å². The summed E-state index contributed by atoms with van der Waals surface area (Å²) in [4.78, 5) is 26.3. The maximum absolute atomic E-state index is 13.0. The molecule has 1 amide bonds. The van der Waals surface area contributed by atoms with Crippen molar-refractivity contribution in [3.63, 3.8) is 0 Å². The van der Waals surface area contributed by atoms with E-state index in [4.69, 9.17) is 4.74 Å². The van der Waals surface area contributed by atoms with Crippen LogP contribution in [-0.4, -0.2) is 35.7 Å². The highest BCUT2D eigenvalue weighted by atomic mass is 16.5. The fourth-order valence-electron chi connectivity index (χ4n) is 3.84. The Kier molecular flexibility index (Phi) is 3.04. The van der Waals surface area contributed by atoms with Crippen LogP contribution in [0.4, 0.5) is 5.69 Å². The Hall–Kier alpha value is -2.14. The summed E-state index contributed by atoms with van der Waals surface area (Å²) in [5, 5.41) is 9.46. The van der Waals surface area contributed by atoms with Crippen molar-refractivity contribution in [3.8, 4) is 0 Å². The van der Waals surface area contributed by atoms with Crippen LogP contribution in [0.3, 0.4) is 0 Å². The molecule has 0 aliphatic carbocycles. The monoisotopic (exact) mass is 299 g/mol. The predicted octanol–water partition coefficient (Wildman–Crippen LogP) is 1.62. The summed E-state index contributed by atoms with van der Waals surface area (Å²) in [5.41, 5.74) is 2.06. The Balaban J connectivity index is 1.68. The van der Waals surface area contributed by atoms with Crippen molar-refractivity contribution in [3.05, 3.63) is 42.0 Å². The smallest absolute Gasteiger partial charge is 0.310 e. The molecule has 114 valence electrons. The van der Waals surface area contributed by atoms with E-state index in [9.17, 15) is 14.7 Å². The van der Waals surface area contributed by atoms with Gasteiger partial charge in [-0.1, -0.05) is 30.4 Å². The van der Waals surface area contributed by atoms with Gasteiger partial charge in [-0.15, -0.1) is 0 Å². The standard InChI is InChI=1S/C17H17NO4/c19-16(14-12-7-8-13(22-12)15(14)17(20)21)18-9-3-5-10-4-1-2-6-11(10)18/h1-2,4,6-8,12-15H,3,5,9H2,(H,20,21)/t12-,13+,14-,15+/m1/s1. The number of para-hydroxylation sites is 1. The molecule has 2 bridgehead atoms. The van der Waals surface area contributed by atoms with Crippen LogP contribution in [0.15, 0.2) is 36.4 Å². The van der Waals surface area contributed by atoms with E-state index in [1.807, 2.05) is 30.3 Å². The first-order valence-electron chi connectivity index (χ1n) is 7.62. The molecule has 1 fully saturated rings. The number of hydrogen-bond acceptors (Lipinski definition) is 3. The number of aryl methyl sites for hydroxylation is 1. The van der Waals surface area contributed by atoms with Crippen LogP contribution in [0, 0.1) is 11.8 Å². The summed E-state index contributed by atoms with van der Waals surface area (Å²) in [5.74, 6) is -2.49. The number of nitrogens with zero attached hydrogens (tertiary/aromatic N) is 1. The highest BCUT2D eigenvalue weighted by molar-refractivity contribution is 5.99. The molecule has 22 heavy (non-hydrogen) atoms. The highest BCUT2D eigenvalue weighted by Crippen LogP contribution is 2.41. The normalized spacial score (nSPS) is 32.1. The molecule has 4 rings (SSSR count). The number of anilines is 1. The molecule has 1 saturated heterocycles. The molecule has 5 nitrogen and oxygen atoms in total. The minimum Gasteiger partial charge on any atom is -0.481 e. The predicted molar refractivity (Wildman–Crippen MR) is 79.5 cm³/mol. The van der Waals surface area contributed by atoms with Crippen LogP contribution in [0.25, 0.3) is 0 Å². The molecule has 5 heteroatoms. The summed E-state index contributed by atoms with van der Waals surface area (Å²) in [6.45, 7) is 0.639. The third-order valence-corrected chi connectivity index (χ3v) is 4.85. The summed E-state index contributed by atoms with van der Waals surface area (Å²) in [6.07, 6.45) is 4.55. The van der Waals surface area contributed by atoms with Gasteiger partial charge >= 0.3 is 5.97 Å². The van der Waals surface area contributed by atoms with Crippen LogP contribution < -0.4 is 4.90 Å². The van der Waals surface area contributed by atoms with Crippen molar-refractivity contribution in [2.75, 3.05) is 11.4 Å². The lowest BCUT2D eigenvalue weighted by Gasteiger charge is -2.33. The fourth-order valence-corrected chi connectivity index (χ4v) is 3.84. The lowest BCUT2D eigenvalue weighted by atomic mass is 9.81. The van der Waals surface area contributed by atoms with Crippen LogP contribution in [0.1, 0.15) is 12.0 Å². The lowest BCUT2D eigenvalue weighted by molar-refractivity contribution is -0.146. The third-order valence-electron chi connectivity index (χ3n) is 4.85. The van der Waals surface area contributed by atoms with Crippen molar-refractivity contribution in [1.29, 1.82) is 0 Å². The van der Waals surface area contributed by atoms with Gasteiger partial charge in [-0.05, 0) is 24.5 Å². The summed E-state index contributed by atoms with van der Waals surface area (Å²) in [6, 6.07) is 7.85. The lowest BCUT2D eigenvalue weighted by Crippen LogP contribution is -2.46. The van der Waals surface area contributed by atoms with Crippen molar-refractivity contribution >= 4 is 17.6 Å². The topological polar surface area (TPSA) is 66.8 Å². The molecule has 3 aliphatic rings.